The Bertz CT molecular complexity index is 1130. The summed E-state index contributed by atoms with van der Waals surface area (Å²) in [5.41, 5.74) is 0.493. The zero-order valence-electron chi connectivity index (χ0n) is 20.0. The van der Waals surface area contributed by atoms with E-state index in [0.29, 0.717) is 11.5 Å². The van der Waals surface area contributed by atoms with Gasteiger partial charge in [-0.15, -0.1) is 0 Å². The molecule has 1 aromatic heterocycles. The molecule has 1 saturated carbocycles. The lowest BCUT2D eigenvalue weighted by Gasteiger charge is -2.36. The predicted octanol–water partition coefficient (Wildman–Crippen LogP) is 4.51. The first kappa shape index (κ1) is 23.8. The summed E-state index contributed by atoms with van der Waals surface area (Å²) in [5, 5.41) is 6.70. The third-order valence-corrected chi connectivity index (χ3v) is 8.15. The number of carbonyl (C=O) groups is 2. The van der Waals surface area contributed by atoms with Crippen LogP contribution in [-0.4, -0.2) is 60.0 Å². The van der Waals surface area contributed by atoms with Gasteiger partial charge < -0.3 is 10.2 Å². The van der Waals surface area contributed by atoms with Crippen LogP contribution in [0, 0.1) is 5.92 Å². The number of carbonyl (C=O) groups excluding carboxylic acids is 2. The Morgan fingerprint density at radius 2 is 1.63 bits per heavy atom. The van der Waals surface area contributed by atoms with Gasteiger partial charge in [0, 0.05) is 43.2 Å². The van der Waals surface area contributed by atoms with Gasteiger partial charge in [0.2, 0.25) is 0 Å². The summed E-state index contributed by atoms with van der Waals surface area (Å²) in [5.74, 6) is 1.49. The van der Waals surface area contributed by atoms with Crippen molar-refractivity contribution in [2.75, 3.05) is 37.6 Å². The number of aromatic nitrogens is 1. The lowest BCUT2D eigenvalue weighted by Crippen LogP contribution is -2.47. The number of hydrogen-bond donors (Lipinski definition) is 2. The van der Waals surface area contributed by atoms with Crippen molar-refractivity contribution in [1.29, 1.82) is 0 Å². The summed E-state index contributed by atoms with van der Waals surface area (Å²) in [6, 6.07) is 17.1. The van der Waals surface area contributed by atoms with Crippen LogP contribution in [0.25, 0.3) is 10.1 Å². The maximum Gasteiger partial charge on any atom is 0.321 e. The summed E-state index contributed by atoms with van der Waals surface area (Å²) in [6.45, 7) is 5.36. The number of fused-ring (bicyclic) bond motifs is 1. The summed E-state index contributed by atoms with van der Waals surface area (Å²) in [4.78, 5) is 29.4. The Labute approximate surface area is 210 Å². The number of imide groups is 1. The first-order chi connectivity index (χ1) is 17.2. The number of rotatable bonds is 6. The van der Waals surface area contributed by atoms with Crippen molar-refractivity contribution >= 4 is 39.4 Å². The molecule has 7 nitrogen and oxygen atoms in total. The van der Waals surface area contributed by atoms with Gasteiger partial charge in [-0.2, -0.15) is 4.37 Å². The quantitative estimate of drug-likeness (QED) is 0.531. The smallest absolute Gasteiger partial charge is 0.321 e. The van der Waals surface area contributed by atoms with Gasteiger partial charge in [-0.3, -0.25) is 15.0 Å². The molecule has 35 heavy (non-hydrogen) atoms. The number of benzene rings is 2. The van der Waals surface area contributed by atoms with E-state index in [1.54, 1.807) is 35.8 Å². The highest BCUT2D eigenvalue weighted by Crippen LogP contribution is 2.30. The van der Waals surface area contributed by atoms with Crippen molar-refractivity contribution in [2.45, 2.75) is 38.1 Å². The van der Waals surface area contributed by atoms with Crippen molar-refractivity contribution in [3.63, 3.8) is 0 Å². The molecule has 184 valence electrons. The zero-order chi connectivity index (χ0) is 24.0. The number of hydrogen-bond acceptors (Lipinski definition) is 6. The molecule has 3 aromatic rings. The highest BCUT2D eigenvalue weighted by molar-refractivity contribution is 7.13. The number of amides is 3. The van der Waals surface area contributed by atoms with E-state index >= 15 is 0 Å². The second-order valence-electron chi connectivity index (χ2n) is 9.63. The molecule has 1 aliphatic heterocycles. The second kappa shape index (κ2) is 11.2. The molecule has 2 N–H and O–H groups in total. The van der Waals surface area contributed by atoms with Gasteiger partial charge in [0.15, 0.2) is 0 Å². The number of piperazine rings is 1. The largest absolute Gasteiger partial charge is 0.353 e. The maximum absolute atomic E-state index is 12.2. The lowest BCUT2D eigenvalue weighted by molar-refractivity contribution is 0.0962. The Kier molecular flexibility index (Phi) is 7.59. The normalized spacial score (nSPS) is 21.1. The molecule has 2 aliphatic rings. The molecule has 2 aromatic carbocycles. The number of anilines is 1. The van der Waals surface area contributed by atoms with E-state index in [-0.39, 0.29) is 11.9 Å². The Morgan fingerprint density at radius 1 is 0.914 bits per heavy atom. The molecule has 0 radical (unpaired) electrons. The zero-order valence-corrected chi connectivity index (χ0v) is 20.8. The van der Waals surface area contributed by atoms with Crippen LogP contribution in [0.4, 0.5) is 10.6 Å². The maximum atomic E-state index is 12.2. The summed E-state index contributed by atoms with van der Waals surface area (Å²) in [7, 11) is 0. The fraction of sp³-hybridized carbons (Fsp3) is 0.444. The molecule has 0 atom stereocenters. The van der Waals surface area contributed by atoms with E-state index in [0.717, 1.165) is 64.2 Å². The third kappa shape index (κ3) is 6.00. The fourth-order valence-electron chi connectivity index (χ4n) is 5.23. The van der Waals surface area contributed by atoms with Crippen LogP contribution >= 0.6 is 11.5 Å². The van der Waals surface area contributed by atoms with Gasteiger partial charge in [-0.1, -0.05) is 30.3 Å². The Hall–Kier alpha value is -2.97. The molecule has 2 fully saturated rings. The Morgan fingerprint density at radius 3 is 2.40 bits per heavy atom. The van der Waals surface area contributed by atoms with E-state index in [1.807, 2.05) is 6.07 Å². The molecule has 3 amide bonds. The van der Waals surface area contributed by atoms with Gasteiger partial charge >= 0.3 is 6.03 Å². The molecule has 0 bridgehead atoms. The first-order valence-corrected chi connectivity index (χ1v) is 13.4. The lowest BCUT2D eigenvalue weighted by atomic mass is 9.84. The van der Waals surface area contributed by atoms with E-state index in [9.17, 15) is 9.59 Å². The standard InChI is InChI=1S/C27H33N5O2S/c33-26(21-6-2-1-3-7-21)29-27(34)28-22-12-10-20(11-13-22)14-15-31-16-18-32(19-17-31)25-23-8-4-5-9-24(23)35-30-25/h1-9,20,22H,10-19H2,(H2,28,29,33,34). The summed E-state index contributed by atoms with van der Waals surface area (Å²) in [6.07, 6.45) is 5.42. The molecule has 0 spiro atoms. The highest BCUT2D eigenvalue weighted by Gasteiger charge is 2.25. The molecule has 8 heteroatoms. The van der Waals surface area contributed by atoms with Crippen LogP contribution in [0.5, 0.6) is 0 Å². The van der Waals surface area contributed by atoms with Crippen LogP contribution in [0.2, 0.25) is 0 Å². The van der Waals surface area contributed by atoms with E-state index in [4.69, 9.17) is 4.37 Å². The Balaban J connectivity index is 0.994. The number of nitrogens with one attached hydrogen (secondary N) is 2. The van der Waals surface area contributed by atoms with E-state index in [1.165, 1.54) is 16.5 Å². The number of urea groups is 1. The second-order valence-corrected chi connectivity index (χ2v) is 10.4. The average Bonchev–Trinajstić information content (AvgIpc) is 3.33. The van der Waals surface area contributed by atoms with Gasteiger partial charge in [-0.05, 0) is 80.4 Å². The third-order valence-electron chi connectivity index (χ3n) is 7.33. The van der Waals surface area contributed by atoms with E-state index < -0.39 is 6.03 Å². The summed E-state index contributed by atoms with van der Waals surface area (Å²) >= 11 is 1.59. The monoisotopic (exact) mass is 491 g/mol. The number of nitrogens with zero attached hydrogens (tertiary/aromatic N) is 3. The molecule has 0 unspecified atom stereocenters. The average molecular weight is 492 g/mol. The molecule has 1 aliphatic carbocycles. The van der Waals surface area contributed by atoms with Crippen molar-refractivity contribution in [1.82, 2.24) is 19.9 Å². The minimum Gasteiger partial charge on any atom is -0.353 e. The van der Waals surface area contributed by atoms with Crippen LogP contribution in [0.1, 0.15) is 42.5 Å². The van der Waals surface area contributed by atoms with Crippen LogP contribution in [0.3, 0.4) is 0 Å². The molecule has 2 heterocycles. The molecule has 5 rings (SSSR count). The topological polar surface area (TPSA) is 77.6 Å². The highest BCUT2D eigenvalue weighted by atomic mass is 32.1. The van der Waals surface area contributed by atoms with Crippen molar-refractivity contribution in [3.8, 4) is 0 Å². The SMILES string of the molecule is O=C(NC(=O)c1ccccc1)NC1CCC(CCN2CCN(c3nsc4ccccc34)CC2)CC1. The van der Waals surface area contributed by atoms with Crippen molar-refractivity contribution < 1.29 is 9.59 Å². The van der Waals surface area contributed by atoms with Crippen LogP contribution in [0.15, 0.2) is 54.6 Å². The van der Waals surface area contributed by atoms with Crippen molar-refractivity contribution in [3.05, 3.63) is 60.2 Å². The van der Waals surface area contributed by atoms with Gasteiger partial charge in [0.05, 0.1) is 4.70 Å². The molecular weight excluding hydrogens is 458 g/mol. The van der Waals surface area contributed by atoms with E-state index in [2.05, 4.69) is 44.7 Å². The molecular formula is C27H33N5O2S. The van der Waals surface area contributed by atoms with Gasteiger partial charge in [-0.25, -0.2) is 4.79 Å². The fourth-order valence-corrected chi connectivity index (χ4v) is 6.03. The first-order valence-electron chi connectivity index (χ1n) is 12.6. The van der Waals surface area contributed by atoms with Gasteiger partial charge in [0.25, 0.3) is 5.91 Å². The van der Waals surface area contributed by atoms with Crippen LogP contribution in [-0.2, 0) is 0 Å². The minimum atomic E-state index is -0.395. The summed E-state index contributed by atoms with van der Waals surface area (Å²) < 4.78 is 5.98. The minimum absolute atomic E-state index is 0.145. The predicted molar refractivity (Wildman–Crippen MR) is 141 cm³/mol. The van der Waals surface area contributed by atoms with Crippen LogP contribution < -0.4 is 15.5 Å². The van der Waals surface area contributed by atoms with Gasteiger partial charge in [0.1, 0.15) is 5.82 Å². The molecule has 1 saturated heterocycles. The van der Waals surface area contributed by atoms with Crippen molar-refractivity contribution in [2.24, 2.45) is 5.92 Å².